The number of hydrogen-bond donors (Lipinski definition) is 2. The highest BCUT2D eigenvalue weighted by Gasteiger charge is 2.32. The first-order valence-corrected chi connectivity index (χ1v) is 7.45. The summed E-state index contributed by atoms with van der Waals surface area (Å²) in [6, 6.07) is 6.91. The van der Waals surface area contributed by atoms with Gasteiger partial charge in [0.2, 0.25) is 0 Å². The quantitative estimate of drug-likeness (QED) is 0.810. The molecule has 1 aliphatic rings. The Morgan fingerprint density at radius 3 is 2.67 bits per heavy atom. The van der Waals surface area contributed by atoms with E-state index in [1.165, 1.54) is 0 Å². The van der Waals surface area contributed by atoms with Crippen molar-refractivity contribution in [3.05, 3.63) is 29.8 Å². The normalized spacial score (nSPS) is 25.4. The zero-order valence-electron chi connectivity index (χ0n) is 12.5. The van der Waals surface area contributed by atoms with Gasteiger partial charge in [0.05, 0.1) is 12.2 Å². The Bertz CT molecular complexity index is 460. The van der Waals surface area contributed by atoms with E-state index >= 15 is 0 Å². The second kappa shape index (κ2) is 7.43. The lowest BCUT2D eigenvalue weighted by Crippen LogP contribution is -2.50. The fraction of sp³-hybridized carbons (Fsp3) is 0.562. The second-order valence-corrected chi connectivity index (χ2v) is 5.22. The number of carbonyl (C=O) groups excluding carboxylic acids is 1. The number of rotatable bonds is 5. The van der Waals surface area contributed by atoms with Crippen molar-refractivity contribution < 1.29 is 19.4 Å². The zero-order valence-corrected chi connectivity index (χ0v) is 12.5. The van der Waals surface area contributed by atoms with Gasteiger partial charge in [-0.3, -0.25) is 0 Å². The summed E-state index contributed by atoms with van der Waals surface area (Å²) < 4.78 is 10.8. The summed E-state index contributed by atoms with van der Waals surface area (Å²) in [7, 11) is 1.85. The van der Waals surface area contributed by atoms with Crippen molar-refractivity contribution in [2.45, 2.75) is 44.4 Å². The summed E-state index contributed by atoms with van der Waals surface area (Å²) in [4.78, 5) is 11.6. The van der Waals surface area contributed by atoms with Crippen molar-refractivity contribution in [2.24, 2.45) is 0 Å². The lowest BCUT2D eigenvalue weighted by atomic mass is 9.90. The van der Waals surface area contributed by atoms with Crippen LogP contribution in [0.2, 0.25) is 0 Å². The summed E-state index contributed by atoms with van der Waals surface area (Å²) in [5.41, 5.74) is 0.501. The predicted octanol–water partition coefficient (Wildman–Crippen LogP) is 1.74. The Morgan fingerprint density at radius 1 is 1.33 bits per heavy atom. The third-order valence-electron chi connectivity index (χ3n) is 3.82. The molecule has 21 heavy (non-hydrogen) atoms. The third-order valence-corrected chi connectivity index (χ3v) is 3.82. The topological polar surface area (TPSA) is 67.8 Å². The summed E-state index contributed by atoms with van der Waals surface area (Å²) in [5, 5.41) is 13.4. The molecule has 0 bridgehead atoms. The first-order chi connectivity index (χ1) is 10.2. The maximum atomic E-state index is 11.6. The Balaban J connectivity index is 1.98. The molecule has 2 rings (SSSR count). The fourth-order valence-corrected chi connectivity index (χ4v) is 2.64. The van der Waals surface area contributed by atoms with Crippen LogP contribution >= 0.6 is 0 Å². The molecule has 1 aromatic carbocycles. The molecule has 0 amide bonds. The van der Waals surface area contributed by atoms with Gasteiger partial charge in [0.1, 0.15) is 18.0 Å². The Hall–Kier alpha value is -1.59. The number of aliphatic hydroxyl groups is 1. The molecule has 0 heterocycles. The smallest absolute Gasteiger partial charge is 0.338 e. The molecule has 0 aromatic heterocycles. The number of aliphatic hydroxyl groups excluding tert-OH is 1. The molecular formula is C16H23NO4. The van der Waals surface area contributed by atoms with Crippen LogP contribution in [-0.4, -0.2) is 43.0 Å². The highest BCUT2D eigenvalue weighted by Crippen LogP contribution is 2.24. The van der Waals surface area contributed by atoms with E-state index < -0.39 is 6.10 Å². The number of carbonyl (C=O) groups is 1. The molecule has 0 radical (unpaired) electrons. The van der Waals surface area contributed by atoms with Crippen LogP contribution < -0.4 is 10.1 Å². The minimum absolute atomic E-state index is 0.0718. The molecular weight excluding hydrogens is 270 g/mol. The highest BCUT2D eigenvalue weighted by atomic mass is 16.5. The molecule has 116 valence electrons. The number of likely N-dealkylation sites (N-methyl/N-ethyl adjacent to an activating group) is 1. The van der Waals surface area contributed by atoms with Crippen molar-refractivity contribution in [3.63, 3.8) is 0 Å². The first kappa shape index (κ1) is 15.8. The van der Waals surface area contributed by atoms with E-state index in [4.69, 9.17) is 9.47 Å². The zero-order chi connectivity index (χ0) is 15.2. The lowest BCUT2D eigenvalue weighted by Gasteiger charge is -2.34. The summed E-state index contributed by atoms with van der Waals surface area (Å²) in [6.07, 6.45) is 2.07. The molecule has 1 aliphatic carbocycles. The van der Waals surface area contributed by atoms with Gasteiger partial charge >= 0.3 is 5.97 Å². The van der Waals surface area contributed by atoms with Crippen molar-refractivity contribution in [2.75, 3.05) is 13.7 Å². The number of nitrogens with one attached hydrogen (secondary N) is 1. The van der Waals surface area contributed by atoms with Crippen LogP contribution in [0.1, 0.15) is 36.5 Å². The maximum Gasteiger partial charge on any atom is 0.338 e. The van der Waals surface area contributed by atoms with Gasteiger partial charge in [0.15, 0.2) is 0 Å². The molecule has 1 fully saturated rings. The molecule has 0 spiro atoms. The SMILES string of the molecule is CCOC(=O)c1ccc(O[C@H]2CCC[C@H](NC)[C@@H]2O)cc1. The van der Waals surface area contributed by atoms with Crippen LogP contribution in [0, 0.1) is 0 Å². The molecule has 5 nitrogen and oxygen atoms in total. The molecule has 5 heteroatoms. The molecule has 0 unspecified atom stereocenters. The molecule has 0 aliphatic heterocycles. The van der Waals surface area contributed by atoms with Gasteiger partial charge in [0, 0.05) is 6.04 Å². The first-order valence-electron chi connectivity index (χ1n) is 7.45. The van der Waals surface area contributed by atoms with E-state index in [1.54, 1.807) is 31.2 Å². The number of ether oxygens (including phenoxy) is 2. The van der Waals surface area contributed by atoms with Crippen LogP contribution in [0.25, 0.3) is 0 Å². The molecule has 1 saturated carbocycles. The van der Waals surface area contributed by atoms with Gasteiger partial charge < -0.3 is 19.9 Å². The molecule has 3 atom stereocenters. The number of hydrogen-bond acceptors (Lipinski definition) is 5. The van der Waals surface area contributed by atoms with Crippen LogP contribution in [0.5, 0.6) is 5.75 Å². The van der Waals surface area contributed by atoms with Gasteiger partial charge in [-0.2, -0.15) is 0 Å². The average molecular weight is 293 g/mol. The van der Waals surface area contributed by atoms with Crippen LogP contribution in [0.3, 0.4) is 0 Å². The summed E-state index contributed by atoms with van der Waals surface area (Å²) >= 11 is 0. The van der Waals surface area contributed by atoms with Crippen LogP contribution in [-0.2, 0) is 4.74 Å². The van der Waals surface area contributed by atoms with E-state index in [2.05, 4.69) is 5.32 Å². The van der Waals surface area contributed by atoms with E-state index in [1.807, 2.05) is 7.05 Å². The third kappa shape index (κ3) is 3.95. The Morgan fingerprint density at radius 2 is 2.05 bits per heavy atom. The standard InChI is InChI=1S/C16H23NO4/c1-3-20-16(19)11-7-9-12(10-8-11)21-14-6-4-5-13(17-2)15(14)18/h7-10,13-15,17-18H,3-6H2,1-2H3/t13-,14-,15-/m0/s1. The monoisotopic (exact) mass is 293 g/mol. The van der Waals surface area contributed by atoms with Gasteiger partial charge in [-0.05, 0) is 57.5 Å². The Labute approximate surface area is 125 Å². The fourth-order valence-electron chi connectivity index (χ4n) is 2.64. The second-order valence-electron chi connectivity index (χ2n) is 5.22. The summed E-state index contributed by atoms with van der Waals surface area (Å²) in [6.45, 7) is 2.13. The summed E-state index contributed by atoms with van der Waals surface area (Å²) in [5.74, 6) is 0.320. The van der Waals surface area contributed by atoms with E-state index in [0.717, 1.165) is 19.3 Å². The number of esters is 1. The van der Waals surface area contributed by atoms with Crippen molar-refractivity contribution in [1.29, 1.82) is 0 Å². The maximum absolute atomic E-state index is 11.6. The van der Waals surface area contributed by atoms with E-state index in [-0.39, 0.29) is 18.1 Å². The van der Waals surface area contributed by atoms with Gasteiger partial charge in [-0.1, -0.05) is 0 Å². The average Bonchev–Trinajstić information content (AvgIpc) is 2.50. The van der Waals surface area contributed by atoms with Crippen LogP contribution in [0.4, 0.5) is 0 Å². The predicted molar refractivity (Wildman–Crippen MR) is 79.5 cm³/mol. The Kier molecular flexibility index (Phi) is 5.59. The highest BCUT2D eigenvalue weighted by molar-refractivity contribution is 5.89. The minimum Gasteiger partial charge on any atom is -0.488 e. The molecule has 0 saturated heterocycles. The van der Waals surface area contributed by atoms with Crippen molar-refractivity contribution >= 4 is 5.97 Å². The molecule has 1 aromatic rings. The van der Waals surface area contributed by atoms with Crippen molar-refractivity contribution in [1.82, 2.24) is 5.32 Å². The van der Waals surface area contributed by atoms with Gasteiger partial charge in [0.25, 0.3) is 0 Å². The molecule has 2 N–H and O–H groups in total. The minimum atomic E-state index is -0.520. The van der Waals surface area contributed by atoms with E-state index in [9.17, 15) is 9.90 Å². The number of benzene rings is 1. The van der Waals surface area contributed by atoms with E-state index in [0.29, 0.717) is 17.9 Å². The van der Waals surface area contributed by atoms with Gasteiger partial charge in [-0.15, -0.1) is 0 Å². The van der Waals surface area contributed by atoms with Gasteiger partial charge in [-0.25, -0.2) is 4.79 Å². The van der Waals surface area contributed by atoms with Crippen LogP contribution in [0.15, 0.2) is 24.3 Å². The van der Waals surface area contributed by atoms with Crippen molar-refractivity contribution in [3.8, 4) is 5.75 Å². The largest absolute Gasteiger partial charge is 0.488 e. The lowest BCUT2D eigenvalue weighted by molar-refractivity contribution is -0.0134.